The summed E-state index contributed by atoms with van der Waals surface area (Å²) >= 11 is 0. The van der Waals surface area contributed by atoms with Crippen molar-refractivity contribution < 1.29 is 8.78 Å². The first-order chi connectivity index (χ1) is 10.6. The molecule has 0 saturated heterocycles. The fourth-order valence-electron chi connectivity index (χ4n) is 3.05. The van der Waals surface area contributed by atoms with Gasteiger partial charge < -0.3 is 4.98 Å². The van der Waals surface area contributed by atoms with Gasteiger partial charge in [-0.25, -0.2) is 18.6 Å². The summed E-state index contributed by atoms with van der Waals surface area (Å²) in [6, 6.07) is 3.22. The Kier molecular flexibility index (Phi) is 2.85. The molecular weight excluding hydrogens is 288 g/mol. The van der Waals surface area contributed by atoms with Gasteiger partial charge in [-0.15, -0.1) is 0 Å². The molecule has 1 aliphatic carbocycles. The van der Waals surface area contributed by atoms with Gasteiger partial charge >= 0.3 is 5.69 Å². The van der Waals surface area contributed by atoms with Gasteiger partial charge in [-0.1, -0.05) is 0 Å². The first-order valence-electron chi connectivity index (χ1n) is 7.22. The lowest BCUT2D eigenvalue weighted by atomic mass is 9.97. The molecule has 4 rings (SSSR count). The first kappa shape index (κ1) is 13.2. The maximum atomic E-state index is 13.9. The molecule has 6 heteroatoms. The Morgan fingerprint density at radius 3 is 2.86 bits per heavy atom. The normalized spacial score (nSPS) is 14.3. The van der Waals surface area contributed by atoms with Crippen LogP contribution in [0.15, 0.2) is 29.2 Å². The van der Waals surface area contributed by atoms with Crippen LogP contribution in [0, 0.1) is 11.6 Å². The van der Waals surface area contributed by atoms with E-state index >= 15 is 0 Å². The van der Waals surface area contributed by atoms with Gasteiger partial charge in [0.2, 0.25) is 0 Å². The zero-order valence-corrected chi connectivity index (χ0v) is 11.7. The van der Waals surface area contributed by atoms with Crippen molar-refractivity contribution in [3.63, 3.8) is 0 Å². The summed E-state index contributed by atoms with van der Waals surface area (Å²) in [4.78, 5) is 19.4. The standard InChI is InChI=1S/C16H13F2N3O/c17-9-5-6-12(18)11(7-9)14-8-21-15(19-14)10-3-1-2-4-13(10)20-16(21)22/h5-8H,1-4H2,(H,20,22). The van der Waals surface area contributed by atoms with E-state index in [9.17, 15) is 13.6 Å². The monoisotopic (exact) mass is 301 g/mol. The van der Waals surface area contributed by atoms with Crippen molar-refractivity contribution in [2.24, 2.45) is 0 Å². The number of halogens is 2. The number of rotatable bonds is 1. The molecule has 0 amide bonds. The van der Waals surface area contributed by atoms with Crippen LogP contribution < -0.4 is 5.69 Å². The SMILES string of the molecule is O=c1[nH]c2c(c3nc(-c4cc(F)ccc4F)cn13)CCCC2. The number of fused-ring (bicyclic) bond motifs is 3. The average molecular weight is 301 g/mol. The molecule has 0 saturated carbocycles. The van der Waals surface area contributed by atoms with Crippen molar-refractivity contribution in [1.29, 1.82) is 0 Å². The van der Waals surface area contributed by atoms with Gasteiger partial charge in [0.1, 0.15) is 17.3 Å². The first-order valence-corrected chi connectivity index (χ1v) is 7.22. The van der Waals surface area contributed by atoms with Gasteiger partial charge in [-0.05, 0) is 43.9 Å². The number of aromatic amines is 1. The van der Waals surface area contributed by atoms with E-state index in [1.807, 2.05) is 0 Å². The quantitative estimate of drug-likeness (QED) is 0.751. The Morgan fingerprint density at radius 2 is 2.00 bits per heavy atom. The van der Waals surface area contributed by atoms with E-state index in [0.717, 1.165) is 55.1 Å². The molecule has 4 nitrogen and oxygen atoms in total. The summed E-state index contributed by atoms with van der Waals surface area (Å²) in [6.45, 7) is 0. The summed E-state index contributed by atoms with van der Waals surface area (Å²) in [5.41, 5.74) is 2.46. The predicted molar refractivity (Wildman–Crippen MR) is 77.8 cm³/mol. The molecule has 0 bridgehead atoms. The second-order valence-electron chi connectivity index (χ2n) is 5.54. The van der Waals surface area contributed by atoms with Gasteiger partial charge in [-0.3, -0.25) is 4.40 Å². The average Bonchev–Trinajstić information content (AvgIpc) is 2.96. The van der Waals surface area contributed by atoms with Crippen LogP contribution in [-0.2, 0) is 12.8 Å². The number of aromatic nitrogens is 3. The number of aryl methyl sites for hydroxylation is 2. The summed E-state index contributed by atoms with van der Waals surface area (Å²) in [5.74, 6) is -1.10. The van der Waals surface area contributed by atoms with E-state index in [1.54, 1.807) is 0 Å². The van der Waals surface area contributed by atoms with Gasteiger partial charge in [0.05, 0.1) is 5.69 Å². The van der Waals surface area contributed by atoms with Crippen LogP contribution in [-0.4, -0.2) is 14.4 Å². The summed E-state index contributed by atoms with van der Waals surface area (Å²) in [5, 5.41) is 0. The van der Waals surface area contributed by atoms with Gasteiger partial charge in [0.15, 0.2) is 0 Å². The highest BCUT2D eigenvalue weighted by Crippen LogP contribution is 2.26. The molecular formula is C16H13F2N3O. The van der Waals surface area contributed by atoms with Crippen LogP contribution in [0.3, 0.4) is 0 Å². The van der Waals surface area contributed by atoms with E-state index in [2.05, 4.69) is 9.97 Å². The second-order valence-corrected chi connectivity index (χ2v) is 5.54. The molecule has 0 atom stereocenters. The Labute approximate surface area is 124 Å². The number of benzene rings is 1. The fraction of sp³-hybridized carbons (Fsp3) is 0.250. The number of nitrogens with zero attached hydrogens (tertiary/aromatic N) is 2. The third kappa shape index (κ3) is 1.94. The number of H-pyrrole nitrogens is 1. The molecule has 0 fully saturated rings. The van der Waals surface area contributed by atoms with E-state index < -0.39 is 11.6 Å². The molecule has 1 aromatic carbocycles. The number of hydrogen-bond acceptors (Lipinski definition) is 2. The van der Waals surface area contributed by atoms with Crippen molar-refractivity contribution in [3.05, 3.63) is 57.8 Å². The number of imidazole rings is 1. The molecule has 2 aromatic heterocycles. The number of nitrogens with one attached hydrogen (secondary N) is 1. The zero-order chi connectivity index (χ0) is 15.3. The van der Waals surface area contributed by atoms with Crippen LogP contribution in [0.1, 0.15) is 24.1 Å². The van der Waals surface area contributed by atoms with Crippen LogP contribution in [0.5, 0.6) is 0 Å². The van der Waals surface area contributed by atoms with E-state index in [-0.39, 0.29) is 16.9 Å². The Hall–Kier alpha value is -2.50. The molecule has 2 heterocycles. The van der Waals surface area contributed by atoms with Crippen LogP contribution >= 0.6 is 0 Å². The van der Waals surface area contributed by atoms with Crippen LogP contribution in [0.4, 0.5) is 8.78 Å². The maximum Gasteiger partial charge on any atom is 0.331 e. The van der Waals surface area contributed by atoms with Gasteiger partial charge in [0, 0.05) is 23.0 Å². The summed E-state index contributed by atoms with van der Waals surface area (Å²) in [6.07, 6.45) is 5.17. The maximum absolute atomic E-state index is 13.9. The van der Waals surface area contributed by atoms with E-state index in [0.29, 0.717) is 5.65 Å². The highest BCUT2D eigenvalue weighted by atomic mass is 19.1. The van der Waals surface area contributed by atoms with Crippen molar-refractivity contribution in [2.45, 2.75) is 25.7 Å². The molecule has 112 valence electrons. The van der Waals surface area contributed by atoms with E-state index in [1.165, 1.54) is 10.6 Å². The third-order valence-electron chi connectivity index (χ3n) is 4.12. The third-order valence-corrected chi connectivity index (χ3v) is 4.12. The largest absolute Gasteiger partial charge is 0.331 e. The minimum atomic E-state index is -0.560. The van der Waals surface area contributed by atoms with Crippen LogP contribution in [0.25, 0.3) is 16.9 Å². The molecule has 3 aromatic rings. The molecule has 0 radical (unpaired) electrons. The highest BCUT2D eigenvalue weighted by Gasteiger charge is 2.19. The van der Waals surface area contributed by atoms with Gasteiger partial charge in [0.25, 0.3) is 0 Å². The lowest BCUT2D eigenvalue weighted by Gasteiger charge is -2.15. The van der Waals surface area contributed by atoms with Crippen molar-refractivity contribution in [3.8, 4) is 11.3 Å². The minimum absolute atomic E-state index is 0.0626. The van der Waals surface area contributed by atoms with Crippen molar-refractivity contribution in [2.75, 3.05) is 0 Å². The summed E-state index contributed by atoms with van der Waals surface area (Å²) < 4.78 is 28.7. The minimum Gasteiger partial charge on any atom is -0.311 e. The molecule has 0 unspecified atom stereocenters. The van der Waals surface area contributed by atoms with E-state index in [4.69, 9.17) is 0 Å². The second kappa shape index (κ2) is 4.76. The van der Waals surface area contributed by atoms with Crippen molar-refractivity contribution >= 4 is 5.65 Å². The number of hydrogen-bond donors (Lipinski definition) is 1. The molecule has 1 aliphatic rings. The Bertz CT molecular complexity index is 942. The fourth-order valence-corrected chi connectivity index (χ4v) is 3.05. The zero-order valence-electron chi connectivity index (χ0n) is 11.7. The van der Waals surface area contributed by atoms with Crippen molar-refractivity contribution in [1.82, 2.24) is 14.4 Å². The topological polar surface area (TPSA) is 50.2 Å². The molecule has 0 spiro atoms. The van der Waals surface area contributed by atoms with Crippen LogP contribution in [0.2, 0.25) is 0 Å². The molecule has 0 aliphatic heterocycles. The smallest absolute Gasteiger partial charge is 0.311 e. The van der Waals surface area contributed by atoms with Gasteiger partial charge in [-0.2, -0.15) is 0 Å². The lowest BCUT2D eigenvalue weighted by molar-refractivity contribution is 0.603. The Balaban J connectivity index is 2.00. The molecule has 1 N–H and O–H groups in total. The Morgan fingerprint density at radius 1 is 1.18 bits per heavy atom. The highest BCUT2D eigenvalue weighted by molar-refractivity contribution is 5.65. The predicted octanol–water partition coefficient (Wildman–Crippen LogP) is 2.85. The molecule has 22 heavy (non-hydrogen) atoms. The lowest BCUT2D eigenvalue weighted by Crippen LogP contribution is -2.21. The summed E-state index contributed by atoms with van der Waals surface area (Å²) in [7, 11) is 0.